The van der Waals surface area contributed by atoms with Gasteiger partial charge in [-0.25, -0.2) is 0 Å². The zero-order valence-corrected chi connectivity index (χ0v) is 13.2. The van der Waals surface area contributed by atoms with E-state index in [9.17, 15) is 9.59 Å². The van der Waals surface area contributed by atoms with E-state index < -0.39 is 5.41 Å². The molecular weight excluding hydrogens is 299 g/mol. The van der Waals surface area contributed by atoms with Crippen LogP contribution in [0.4, 0.5) is 5.69 Å². The van der Waals surface area contributed by atoms with E-state index in [1.807, 2.05) is 20.8 Å². The number of hydrogen-bond acceptors (Lipinski definition) is 2. The molecule has 0 bridgehead atoms. The fourth-order valence-electron chi connectivity index (χ4n) is 1.40. The minimum Gasteiger partial charge on any atom is -0.355 e. The van der Waals surface area contributed by atoms with E-state index in [1.54, 1.807) is 18.2 Å². The first-order valence-electron chi connectivity index (χ1n) is 6.23. The Bertz CT molecular complexity index is 490. The molecule has 0 aliphatic rings. The Morgan fingerprint density at radius 1 is 1.10 bits per heavy atom. The van der Waals surface area contributed by atoms with Crippen LogP contribution < -0.4 is 10.6 Å². The van der Waals surface area contributed by atoms with Gasteiger partial charge in [0.1, 0.15) is 0 Å². The second kappa shape index (κ2) is 6.95. The van der Waals surface area contributed by atoms with E-state index in [4.69, 9.17) is 23.2 Å². The second-order valence-electron chi connectivity index (χ2n) is 5.46. The molecule has 0 aliphatic carbocycles. The van der Waals surface area contributed by atoms with Crippen molar-refractivity contribution in [3.05, 3.63) is 28.2 Å². The monoisotopic (exact) mass is 316 g/mol. The van der Waals surface area contributed by atoms with Gasteiger partial charge in [-0.1, -0.05) is 44.0 Å². The van der Waals surface area contributed by atoms with E-state index in [0.29, 0.717) is 15.7 Å². The number of amides is 2. The maximum absolute atomic E-state index is 11.7. The van der Waals surface area contributed by atoms with Gasteiger partial charge in [-0.05, 0) is 18.2 Å². The SMILES string of the molecule is CC(C)(C)C(=O)NCCC(=O)Nc1cc(Cl)cc(Cl)c1. The molecule has 0 fully saturated rings. The lowest BCUT2D eigenvalue weighted by Gasteiger charge is -2.17. The Morgan fingerprint density at radius 3 is 2.15 bits per heavy atom. The molecule has 4 nitrogen and oxygen atoms in total. The summed E-state index contributed by atoms with van der Waals surface area (Å²) in [6, 6.07) is 4.81. The van der Waals surface area contributed by atoms with Gasteiger partial charge in [-0.15, -0.1) is 0 Å². The average Bonchev–Trinajstić information content (AvgIpc) is 2.25. The molecule has 0 unspecified atom stereocenters. The predicted molar refractivity (Wildman–Crippen MR) is 82.2 cm³/mol. The van der Waals surface area contributed by atoms with E-state index >= 15 is 0 Å². The highest BCUT2D eigenvalue weighted by Crippen LogP contribution is 2.22. The molecule has 0 aromatic heterocycles. The van der Waals surface area contributed by atoms with Crippen LogP contribution in [0, 0.1) is 5.41 Å². The van der Waals surface area contributed by atoms with E-state index in [2.05, 4.69) is 10.6 Å². The van der Waals surface area contributed by atoms with Crippen molar-refractivity contribution < 1.29 is 9.59 Å². The molecule has 1 rings (SSSR count). The van der Waals surface area contributed by atoms with Gasteiger partial charge in [0.05, 0.1) is 0 Å². The Labute approximate surface area is 128 Å². The number of halogens is 2. The van der Waals surface area contributed by atoms with Crippen molar-refractivity contribution in [3.63, 3.8) is 0 Å². The average molecular weight is 317 g/mol. The van der Waals surface area contributed by atoms with Crippen molar-refractivity contribution >= 4 is 40.7 Å². The molecule has 0 atom stereocenters. The summed E-state index contributed by atoms with van der Waals surface area (Å²) < 4.78 is 0. The first kappa shape index (κ1) is 16.8. The molecule has 0 saturated carbocycles. The van der Waals surface area contributed by atoms with Crippen molar-refractivity contribution in [2.75, 3.05) is 11.9 Å². The molecule has 20 heavy (non-hydrogen) atoms. The zero-order valence-electron chi connectivity index (χ0n) is 11.7. The first-order chi connectivity index (χ1) is 9.18. The smallest absolute Gasteiger partial charge is 0.226 e. The predicted octanol–water partition coefficient (Wildman–Crippen LogP) is 3.48. The molecule has 0 aliphatic heterocycles. The maximum Gasteiger partial charge on any atom is 0.226 e. The number of carbonyl (C=O) groups excluding carboxylic acids is 2. The van der Waals surface area contributed by atoms with Gasteiger partial charge in [0.2, 0.25) is 11.8 Å². The molecule has 1 aromatic rings. The normalized spacial score (nSPS) is 11.1. The van der Waals surface area contributed by atoms with Crippen molar-refractivity contribution in [1.82, 2.24) is 5.32 Å². The Morgan fingerprint density at radius 2 is 1.65 bits per heavy atom. The number of carbonyl (C=O) groups is 2. The van der Waals surface area contributed by atoms with Crippen LogP contribution in [0.15, 0.2) is 18.2 Å². The standard InChI is InChI=1S/C14H18Cl2N2O2/c1-14(2,3)13(20)17-5-4-12(19)18-11-7-9(15)6-10(16)8-11/h6-8H,4-5H2,1-3H3,(H,17,20)(H,18,19). The summed E-state index contributed by atoms with van der Waals surface area (Å²) in [4.78, 5) is 23.3. The lowest BCUT2D eigenvalue weighted by Crippen LogP contribution is -2.36. The Hall–Kier alpha value is -1.26. The van der Waals surface area contributed by atoms with Crippen LogP contribution in [0.5, 0.6) is 0 Å². The van der Waals surface area contributed by atoms with E-state index in [0.717, 1.165) is 0 Å². The van der Waals surface area contributed by atoms with Gasteiger partial charge in [0, 0.05) is 34.1 Å². The lowest BCUT2D eigenvalue weighted by atomic mass is 9.96. The molecule has 2 N–H and O–H groups in total. The summed E-state index contributed by atoms with van der Waals surface area (Å²) in [5.74, 6) is -0.298. The highest BCUT2D eigenvalue weighted by atomic mass is 35.5. The lowest BCUT2D eigenvalue weighted by molar-refractivity contribution is -0.128. The molecule has 2 amide bonds. The van der Waals surface area contributed by atoms with Crippen LogP contribution in [0.3, 0.4) is 0 Å². The minimum atomic E-state index is -0.461. The van der Waals surface area contributed by atoms with Crippen molar-refractivity contribution in [3.8, 4) is 0 Å². The van der Waals surface area contributed by atoms with Gasteiger partial charge >= 0.3 is 0 Å². The van der Waals surface area contributed by atoms with Crippen molar-refractivity contribution in [1.29, 1.82) is 0 Å². The fraction of sp³-hybridized carbons (Fsp3) is 0.429. The first-order valence-corrected chi connectivity index (χ1v) is 6.98. The second-order valence-corrected chi connectivity index (χ2v) is 6.34. The van der Waals surface area contributed by atoms with Crippen LogP contribution in [-0.4, -0.2) is 18.4 Å². The number of rotatable bonds is 4. The summed E-state index contributed by atoms with van der Waals surface area (Å²) in [5, 5.41) is 6.29. The maximum atomic E-state index is 11.7. The zero-order chi connectivity index (χ0) is 15.3. The summed E-state index contributed by atoms with van der Waals surface area (Å²) in [6.45, 7) is 5.74. The summed E-state index contributed by atoms with van der Waals surface area (Å²) in [7, 11) is 0. The van der Waals surface area contributed by atoms with Crippen LogP contribution in [0.2, 0.25) is 10.0 Å². The number of nitrogens with one attached hydrogen (secondary N) is 2. The molecule has 110 valence electrons. The largest absolute Gasteiger partial charge is 0.355 e. The molecule has 0 saturated heterocycles. The van der Waals surface area contributed by atoms with Gasteiger partial charge in [-0.2, -0.15) is 0 Å². The third kappa shape index (κ3) is 5.80. The molecule has 6 heteroatoms. The molecule has 0 spiro atoms. The third-order valence-electron chi connectivity index (χ3n) is 2.47. The highest BCUT2D eigenvalue weighted by Gasteiger charge is 2.20. The van der Waals surface area contributed by atoms with E-state index in [-0.39, 0.29) is 24.8 Å². The van der Waals surface area contributed by atoms with Crippen LogP contribution in [0.1, 0.15) is 27.2 Å². The van der Waals surface area contributed by atoms with Crippen LogP contribution in [0.25, 0.3) is 0 Å². The molecule has 1 aromatic carbocycles. The van der Waals surface area contributed by atoms with Gasteiger partial charge in [0.25, 0.3) is 0 Å². The number of anilines is 1. The number of benzene rings is 1. The van der Waals surface area contributed by atoms with Gasteiger partial charge in [-0.3, -0.25) is 9.59 Å². The van der Waals surface area contributed by atoms with Gasteiger partial charge in [0.15, 0.2) is 0 Å². The highest BCUT2D eigenvalue weighted by molar-refractivity contribution is 6.35. The van der Waals surface area contributed by atoms with E-state index in [1.165, 1.54) is 0 Å². The molecule has 0 radical (unpaired) electrons. The summed E-state index contributed by atoms with van der Waals surface area (Å²) >= 11 is 11.7. The Kier molecular flexibility index (Phi) is 5.84. The third-order valence-corrected chi connectivity index (χ3v) is 2.90. The molecule has 0 heterocycles. The topological polar surface area (TPSA) is 58.2 Å². The van der Waals surface area contributed by atoms with Crippen LogP contribution in [-0.2, 0) is 9.59 Å². The molecular formula is C14H18Cl2N2O2. The van der Waals surface area contributed by atoms with Crippen molar-refractivity contribution in [2.24, 2.45) is 5.41 Å². The number of hydrogen-bond donors (Lipinski definition) is 2. The van der Waals surface area contributed by atoms with Crippen molar-refractivity contribution in [2.45, 2.75) is 27.2 Å². The summed E-state index contributed by atoms with van der Waals surface area (Å²) in [6.07, 6.45) is 0.186. The Balaban J connectivity index is 2.43. The fourth-order valence-corrected chi connectivity index (χ4v) is 1.93. The van der Waals surface area contributed by atoms with Crippen LogP contribution >= 0.6 is 23.2 Å². The summed E-state index contributed by atoms with van der Waals surface area (Å²) in [5.41, 5.74) is 0.0754. The minimum absolute atomic E-state index is 0.0869. The van der Waals surface area contributed by atoms with Gasteiger partial charge < -0.3 is 10.6 Å². The quantitative estimate of drug-likeness (QED) is 0.893.